The zero-order chi connectivity index (χ0) is 23.8. The third kappa shape index (κ3) is 4.88. The van der Waals surface area contributed by atoms with Crippen molar-refractivity contribution in [3.8, 4) is 5.75 Å². The summed E-state index contributed by atoms with van der Waals surface area (Å²) in [7, 11) is 0. The van der Waals surface area contributed by atoms with Crippen LogP contribution in [0.2, 0.25) is 0 Å². The van der Waals surface area contributed by atoms with Crippen molar-refractivity contribution in [2.24, 2.45) is 0 Å². The molecule has 0 aromatic heterocycles. The number of carbonyl (C=O) groups excluding carboxylic acids is 1. The summed E-state index contributed by atoms with van der Waals surface area (Å²) in [6, 6.07) is 17.9. The van der Waals surface area contributed by atoms with E-state index in [1.807, 2.05) is 0 Å². The number of carboxylic acid groups (broad SMARTS) is 1. The normalized spacial score (nSPS) is 18.1. The quantitative estimate of drug-likeness (QED) is 0.454. The van der Waals surface area contributed by atoms with Gasteiger partial charge in [-0.15, -0.1) is 13.2 Å². The highest BCUT2D eigenvalue weighted by molar-refractivity contribution is 9.10. The SMILES string of the molecule is O=C(O)C1c2ccccc2C(=O)N(Cc2cccc(OC(F)(F)F)c2)C1c1ccc(Br)cc1. The summed E-state index contributed by atoms with van der Waals surface area (Å²) in [5, 5.41) is 10.1. The number of hydrogen-bond acceptors (Lipinski definition) is 3. The van der Waals surface area contributed by atoms with Gasteiger partial charge in [-0.05, 0) is 47.0 Å². The van der Waals surface area contributed by atoms with E-state index in [1.165, 1.54) is 17.0 Å². The van der Waals surface area contributed by atoms with Crippen molar-refractivity contribution in [1.29, 1.82) is 0 Å². The summed E-state index contributed by atoms with van der Waals surface area (Å²) in [6.07, 6.45) is -4.85. The van der Waals surface area contributed by atoms with Crippen LogP contribution in [0, 0.1) is 0 Å². The first-order chi connectivity index (χ1) is 15.6. The highest BCUT2D eigenvalue weighted by Crippen LogP contribution is 2.44. The fourth-order valence-electron chi connectivity index (χ4n) is 4.10. The number of halogens is 4. The molecule has 0 saturated carbocycles. The molecule has 1 aliphatic heterocycles. The molecule has 3 aromatic rings. The minimum absolute atomic E-state index is 0.104. The molecule has 9 heteroatoms. The van der Waals surface area contributed by atoms with Crippen molar-refractivity contribution in [1.82, 2.24) is 4.90 Å². The molecule has 2 atom stereocenters. The molecule has 0 spiro atoms. The third-order valence-electron chi connectivity index (χ3n) is 5.40. The van der Waals surface area contributed by atoms with Crippen molar-refractivity contribution in [2.75, 3.05) is 0 Å². The second kappa shape index (κ2) is 8.90. The molecule has 0 radical (unpaired) electrons. The number of fused-ring (bicyclic) bond motifs is 1. The Kier molecular flexibility index (Phi) is 6.16. The summed E-state index contributed by atoms with van der Waals surface area (Å²) < 4.78 is 42.8. The smallest absolute Gasteiger partial charge is 0.481 e. The summed E-state index contributed by atoms with van der Waals surface area (Å²) in [6.45, 7) is -0.104. The number of hydrogen-bond donors (Lipinski definition) is 1. The van der Waals surface area contributed by atoms with Crippen LogP contribution in [0.25, 0.3) is 0 Å². The highest BCUT2D eigenvalue weighted by Gasteiger charge is 2.44. The van der Waals surface area contributed by atoms with Gasteiger partial charge in [0.25, 0.3) is 5.91 Å². The van der Waals surface area contributed by atoms with Crippen LogP contribution < -0.4 is 4.74 Å². The van der Waals surface area contributed by atoms with E-state index in [-0.39, 0.29) is 12.1 Å². The van der Waals surface area contributed by atoms with Crippen molar-refractivity contribution < 1.29 is 32.6 Å². The Hall–Kier alpha value is -3.33. The van der Waals surface area contributed by atoms with Gasteiger partial charge >= 0.3 is 12.3 Å². The molecule has 0 saturated heterocycles. The molecular formula is C24H17BrF3NO4. The van der Waals surface area contributed by atoms with Gasteiger partial charge < -0.3 is 14.7 Å². The molecule has 0 fully saturated rings. The molecular weight excluding hydrogens is 503 g/mol. The molecule has 0 aliphatic carbocycles. The van der Waals surface area contributed by atoms with E-state index in [4.69, 9.17) is 0 Å². The van der Waals surface area contributed by atoms with Gasteiger partial charge in [0.1, 0.15) is 11.7 Å². The van der Waals surface area contributed by atoms with Crippen molar-refractivity contribution in [3.63, 3.8) is 0 Å². The van der Waals surface area contributed by atoms with E-state index >= 15 is 0 Å². The predicted molar refractivity (Wildman–Crippen MR) is 117 cm³/mol. The van der Waals surface area contributed by atoms with Crippen LogP contribution >= 0.6 is 15.9 Å². The lowest BCUT2D eigenvalue weighted by atomic mass is 9.79. The van der Waals surface area contributed by atoms with Crippen LogP contribution in [0.3, 0.4) is 0 Å². The van der Waals surface area contributed by atoms with Gasteiger partial charge in [0.2, 0.25) is 0 Å². The number of carbonyl (C=O) groups is 2. The lowest BCUT2D eigenvalue weighted by molar-refractivity contribution is -0.274. The van der Waals surface area contributed by atoms with Crippen molar-refractivity contribution >= 4 is 27.8 Å². The summed E-state index contributed by atoms with van der Waals surface area (Å²) in [4.78, 5) is 27.2. The van der Waals surface area contributed by atoms with E-state index in [0.717, 1.165) is 10.5 Å². The van der Waals surface area contributed by atoms with Crippen LogP contribution in [-0.2, 0) is 11.3 Å². The lowest BCUT2D eigenvalue weighted by Crippen LogP contribution is -2.44. The maximum absolute atomic E-state index is 13.5. The average Bonchev–Trinajstić information content (AvgIpc) is 2.75. The number of carboxylic acids is 1. The molecule has 33 heavy (non-hydrogen) atoms. The fraction of sp³-hybridized carbons (Fsp3) is 0.167. The molecule has 5 nitrogen and oxygen atoms in total. The first-order valence-corrected chi connectivity index (χ1v) is 10.7. The van der Waals surface area contributed by atoms with Gasteiger partial charge in [0.15, 0.2) is 0 Å². The van der Waals surface area contributed by atoms with E-state index in [0.29, 0.717) is 16.7 Å². The molecule has 1 amide bonds. The van der Waals surface area contributed by atoms with Crippen molar-refractivity contribution in [2.45, 2.75) is 24.9 Å². The first kappa shape index (κ1) is 22.8. The van der Waals surface area contributed by atoms with Gasteiger partial charge in [-0.3, -0.25) is 9.59 Å². The first-order valence-electron chi connectivity index (χ1n) is 9.87. The standard InChI is InChI=1S/C24H17BrF3NO4/c25-16-10-8-15(9-11-16)21-20(23(31)32)18-6-1-2-7-19(18)22(30)29(21)13-14-4-3-5-17(12-14)33-24(26,27)28/h1-12,20-21H,13H2,(H,31,32). The maximum Gasteiger partial charge on any atom is 0.573 e. The Labute approximate surface area is 195 Å². The number of rotatable bonds is 5. The Morgan fingerprint density at radius 2 is 1.73 bits per heavy atom. The van der Waals surface area contributed by atoms with E-state index < -0.39 is 35.9 Å². The number of ether oxygens (including phenoxy) is 1. The maximum atomic E-state index is 13.5. The number of benzene rings is 3. The van der Waals surface area contributed by atoms with Crippen LogP contribution in [0.4, 0.5) is 13.2 Å². The second-order valence-electron chi connectivity index (χ2n) is 7.53. The van der Waals surface area contributed by atoms with Gasteiger partial charge in [-0.2, -0.15) is 0 Å². The molecule has 1 heterocycles. The largest absolute Gasteiger partial charge is 0.573 e. The Morgan fingerprint density at radius 3 is 2.39 bits per heavy atom. The zero-order valence-corrected chi connectivity index (χ0v) is 18.5. The Morgan fingerprint density at radius 1 is 1.03 bits per heavy atom. The summed E-state index contributed by atoms with van der Waals surface area (Å²) >= 11 is 3.35. The van der Waals surface area contributed by atoms with Crippen LogP contribution in [0.1, 0.15) is 39.0 Å². The van der Waals surface area contributed by atoms with Gasteiger partial charge in [-0.1, -0.05) is 58.4 Å². The van der Waals surface area contributed by atoms with Crippen LogP contribution in [0.15, 0.2) is 77.3 Å². The molecule has 1 N–H and O–H groups in total. The molecule has 170 valence electrons. The van der Waals surface area contributed by atoms with Gasteiger partial charge in [-0.25, -0.2) is 0 Å². The number of aliphatic carboxylic acids is 1. The Bertz CT molecular complexity index is 1200. The predicted octanol–water partition coefficient (Wildman–Crippen LogP) is 5.91. The fourth-order valence-corrected chi connectivity index (χ4v) is 4.37. The Balaban J connectivity index is 1.80. The number of nitrogens with zero attached hydrogens (tertiary/aromatic N) is 1. The number of amides is 1. The van der Waals surface area contributed by atoms with E-state index in [1.54, 1.807) is 54.6 Å². The molecule has 0 bridgehead atoms. The highest BCUT2D eigenvalue weighted by atomic mass is 79.9. The van der Waals surface area contributed by atoms with Crippen LogP contribution in [0.5, 0.6) is 5.75 Å². The van der Waals surface area contributed by atoms with E-state index in [2.05, 4.69) is 20.7 Å². The topological polar surface area (TPSA) is 66.8 Å². The third-order valence-corrected chi connectivity index (χ3v) is 5.93. The minimum atomic E-state index is -4.85. The minimum Gasteiger partial charge on any atom is -0.481 e. The molecule has 3 aromatic carbocycles. The molecule has 2 unspecified atom stereocenters. The molecule has 1 aliphatic rings. The summed E-state index contributed by atoms with van der Waals surface area (Å²) in [5.74, 6) is -2.99. The lowest BCUT2D eigenvalue weighted by Gasteiger charge is -2.41. The van der Waals surface area contributed by atoms with Crippen LogP contribution in [-0.4, -0.2) is 28.2 Å². The average molecular weight is 520 g/mol. The van der Waals surface area contributed by atoms with E-state index in [9.17, 15) is 27.9 Å². The monoisotopic (exact) mass is 519 g/mol. The van der Waals surface area contributed by atoms with Crippen molar-refractivity contribution in [3.05, 3.63) is 99.5 Å². The summed E-state index contributed by atoms with van der Waals surface area (Å²) in [5.41, 5.74) is 1.61. The number of alkyl halides is 3. The second-order valence-corrected chi connectivity index (χ2v) is 8.44. The zero-order valence-electron chi connectivity index (χ0n) is 16.9. The van der Waals surface area contributed by atoms with Gasteiger partial charge in [0.05, 0.1) is 6.04 Å². The molecule has 4 rings (SSSR count). The van der Waals surface area contributed by atoms with Gasteiger partial charge in [0, 0.05) is 16.6 Å².